The Morgan fingerprint density at radius 3 is 2.20 bits per heavy atom. The van der Waals surface area contributed by atoms with Crippen molar-refractivity contribution < 1.29 is 68.9 Å². The number of benzene rings is 4. The Bertz CT molecular complexity index is 2300. The number of anilines is 3. The Morgan fingerprint density at radius 2 is 1.53 bits per heavy atom. The van der Waals surface area contributed by atoms with Crippen LogP contribution in [0.15, 0.2) is 121 Å². The number of rotatable bonds is 11. The van der Waals surface area contributed by atoms with E-state index in [-0.39, 0.29) is 73.6 Å². The summed E-state index contributed by atoms with van der Waals surface area (Å²) in [7, 11) is -11.9. The van der Waals surface area contributed by atoms with Crippen LogP contribution in [-0.2, 0) is 35.0 Å². The van der Waals surface area contributed by atoms with E-state index >= 15 is 0 Å². The number of hydrogen-bond donors (Lipinski definition) is 2. The first-order valence-electron chi connectivity index (χ1n) is 13.8. The van der Waals surface area contributed by atoms with E-state index in [1.807, 2.05) is 0 Å². The summed E-state index contributed by atoms with van der Waals surface area (Å²) in [6.07, 6.45) is 0. The number of sulfonamides is 2. The number of amides is 1. The van der Waals surface area contributed by atoms with E-state index in [0.717, 1.165) is 23.2 Å². The maximum absolute atomic E-state index is 13.4. The Balaban J connectivity index is 0.00000541. The van der Waals surface area contributed by atoms with Gasteiger partial charge in [0.05, 0.1) is 50.3 Å². The predicted octanol–water partition coefficient (Wildman–Crippen LogP) is 1.39. The molecule has 0 bridgehead atoms. The van der Waals surface area contributed by atoms with Gasteiger partial charge in [-0.25, -0.2) is 25.3 Å². The molecule has 1 atom stereocenters. The van der Waals surface area contributed by atoms with Crippen LogP contribution in [0, 0.1) is 6.92 Å². The Labute approximate surface area is 305 Å². The number of azo groups is 1. The van der Waals surface area contributed by atoms with E-state index in [4.69, 9.17) is 4.74 Å². The van der Waals surface area contributed by atoms with Crippen LogP contribution in [0.1, 0.15) is 12.5 Å². The molecule has 0 saturated heterocycles. The fourth-order valence-corrected chi connectivity index (χ4v) is 7.47. The van der Waals surface area contributed by atoms with Crippen molar-refractivity contribution in [2.24, 2.45) is 15.3 Å². The van der Waals surface area contributed by atoms with Crippen molar-refractivity contribution in [3.8, 4) is 5.75 Å². The maximum Gasteiger partial charge on any atom is 1.00 e. The monoisotopic (exact) mass is 734 g/mol. The molecular formula is C30H27N6NaO9S3. The van der Waals surface area contributed by atoms with E-state index in [1.165, 1.54) is 56.5 Å². The van der Waals surface area contributed by atoms with E-state index in [2.05, 4.69) is 24.8 Å². The summed E-state index contributed by atoms with van der Waals surface area (Å²) in [6.45, 7) is 3.08. The third-order valence-electron chi connectivity index (χ3n) is 6.95. The number of nitrogens with zero attached hydrogens (tertiary/aromatic N) is 4. The zero-order valence-electron chi connectivity index (χ0n) is 26.4. The zero-order chi connectivity index (χ0) is 34.9. The van der Waals surface area contributed by atoms with Gasteiger partial charge < -0.3 is 9.29 Å². The summed E-state index contributed by atoms with van der Waals surface area (Å²) in [5, 5.41) is 13.5. The molecule has 1 heterocycles. The minimum atomic E-state index is -4.89. The molecule has 0 fully saturated rings. The molecule has 2 N–H and O–H groups in total. The van der Waals surface area contributed by atoms with Crippen LogP contribution in [0.2, 0.25) is 0 Å². The number of nitrogens with one attached hydrogen (secondary N) is 2. The number of ether oxygens (including phenoxy) is 1. The van der Waals surface area contributed by atoms with Crippen molar-refractivity contribution in [2.45, 2.75) is 34.6 Å². The fourth-order valence-electron chi connectivity index (χ4n) is 4.58. The van der Waals surface area contributed by atoms with Crippen molar-refractivity contribution >= 4 is 64.5 Å². The summed E-state index contributed by atoms with van der Waals surface area (Å²) < 4.78 is 96.6. The molecule has 19 heteroatoms. The van der Waals surface area contributed by atoms with Crippen LogP contribution in [0.5, 0.6) is 5.75 Å². The SMILES string of the molecule is COc1ccc(S(=O)(=O)[O-])cc1NS(=O)(=O)c1cc(N=NC2C(=O)N(c3cccc(NS(=O)(=O)c4ccccc4)c3)N=C2C)ccc1C.[Na+]. The van der Waals surface area contributed by atoms with Crippen LogP contribution >= 0.6 is 0 Å². The quantitative estimate of drug-likeness (QED) is 0.129. The number of hydrogen-bond acceptors (Lipinski definition) is 12. The van der Waals surface area contributed by atoms with Gasteiger partial charge in [-0.15, -0.1) is 0 Å². The second kappa shape index (κ2) is 14.8. The zero-order valence-corrected chi connectivity index (χ0v) is 30.9. The molecule has 4 aromatic carbocycles. The normalized spacial score (nSPS) is 15.1. The second-order valence-corrected chi connectivity index (χ2v) is 15.1. The third-order valence-corrected chi connectivity index (χ3v) is 10.7. The van der Waals surface area contributed by atoms with Crippen molar-refractivity contribution in [3.63, 3.8) is 0 Å². The van der Waals surface area contributed by atoms with Crippen LogP contribution in [-0.4, -0.2) is 54.6 Å². The molecule has 0 radical (unpaired) electrons. The van der Waals surface area contributed by atoms with E-state index in [1.54, 1.807) is 37.3 Å². The Kier molecular flexibility index (Phi) is 11.3. The molecule has 49 heavy (non-hydrogen) atoms. The summed E-state index contributed by atoms with van der Waals surface area (Å²) in [5.41, 5.74) is 0.839. The first kappa shape index (κ1) is 37.6. The van der Waals surface area contributed by atoms with Gasteiger partial charge >= 0.3 is 29.6 Å². The van der Waals surface area contributed by atoms with Crippen LogP contribution in [0.4, 0.5) is 22.7 Å². The molecule has 1 aliphatic heterocycles. The predicted molar refractivity (Wildman–Crippen MR) is 176 cm³/mol. The molecule has 1 aliphatic rings. The average Bonchev–Trinajstić information content (AvgIpc) is 3.32. The van der Waals surface area contributed by atoms with Gasteiger partial charge in [-0.3, -0.25) is 14.2 Å². The molecule has 0 spiro atoms. The second-order valence-electron chi connectivity index (χ2n) is 10.3. The van der Waals surface area contributed by atoms with Crippen molar-refractivity contribution in [3.05, 3.63) is 96.6 Å². The Hall–Kier alpha value is -4.17. The van der Waals surface area contributed by atoms with Gasteiger partial charge in [0.15, 0.2) is 6.04 Å². The van der Waals surface area contributed by atoms with Crippen LogP contribution in [0.3, 0.4) is 0 Å². The van der Waals surface area contributed by atoms with Gasteiger partial charge in [-0.2, -0.15) is 20.3 Å². The minimum absolute atomic E-state index is 0. The van der Waals surface area contributed by atoms with Gasteiger partial charge in [0.25, 0.3) is 26.0 Å². The van der Waals surface area contributed by atoms with Crippen LogP contribution in [0.25, 0.3) is 0 Å². The molecule has 0 aliphatic carbocycles. The minimum Gasteiger partial charge on any atom is -0.744 e. The summed E-state index contributed by atoms with van der Waals surface area (Å²) in [4.78, 5) is 12.5. The number of hydrazone groups is 1. The molecule has 250 valence electrons. The van der Waals surface area contributed by atoms with Gasteiger partial charge in [-0.1, -0.05) is 30.3 Å². The molecule has 0 aromatic heterocycles. The molecule has 15 nitrogen and oxygen atoms in total. The fraction of sp³-hybridized carbons (Fsp3) is 0.133. The molecule has 0 saturated carbocycles. The summed E-state index contributed by atoms with van der Waals surface area (Å²) in [6, 6.07) is 19.8. The van der Waals surface area contributed by atoms with Crippen LogP contribution < -0.4 is 48.7 Å². The Morgan fingerprint density at radius 1 is 0.816 bits per heavy atom. The standard InChI is InChI=1S/C30H28N6O9S3.Na/c1-19-12-13-21(17-28(19)47(40,41)35-26-18-25(48(42,43)44)14-15-27(26)45-3)31-32-29-20(2)33-36(30(29)37)23-9-7-8-22(16-23)34-46(38,39)24-10-5-4-6-11-24;/h4-18,29,34-35H,1-3H3,(H,42,43,44);/q;+1/p-1. The largest absolute Gasteiger partial charge is 1.00 e. The number of carbonyl (C=O) groups excluding carboxylic acids is 1. The van der Waals surface area contributed by atoms with E-state index < -0.39 is 47.0 Å². The molecule has 4 aromatic rings. The third kappa shape index (κ3) is 8.53. The van der Waals surface area contributed by atoms with E-state index in [9.17, 15) is 34.6 Å². The van der Waals surface area contributed by atoms with Gasteiger partial charge in [0, 0.05) is 0 Å². The van der Waals surface area contributed by atoms with Crippen molar-refractivity contribution in [1.29, 1.82) is 0 Å². The van der Waals surface area contributed by atoms with Crippen molar-refractivity contribution in [2.75, 3.05) is 21.6 Å². The molecule has 1 unspecified atom stereocenters. The molecule has 1 amide bonds. The van der Waals surface area contributed by atoms with Gasteiger partial charge in [-0.05, 0) is 80.1 Å². The topological polar surface area (TPSA) is 216 Å². The summed E-state index contributed by atoms with van der Waals surface area (Å²) in [5.74, 6) is -0.612. The maximum atomic E-state index is 13.4. The van der Waals surface area contributed by atoms with E-state index in [0.29, 0.717) is 5.56 Å². The first-order valence-corrected chi connectivity index (χ1v) is 18.2. The smallest absolute Gasteiger partial charge is 0.744 e. The molecular weight excluding hydrogens is 708 g/mol. The van der Waals surface area contributed by atoms with Gasteiger partial charge in [0.2, 0.25) is 0 Å². The number of aryl methyl sites for hydroxylation is 1. The first-order chi connectivity index (χ1) is 22.6. The number of methoxy groups -OCH3 is 1. The molecule has 5 rings (SSSR count). The van der Waals surface area contributed by atoms with Crippen molar-refractivity contribution in [1.82, 2.24) is 0 Å². The number of carbonyl (C=O) groups is 1. The summed E-state index contributed by atoms with van der Waals surface area (Å²) >= 11 is 0. The van der Waals surface area contributed by atoms with Gasteiger partial charge in [0.1, 0.15) is 15.9 Å². The average molecular weight is 735 g/mol.